The summed E-state index contributed by atoms with van der Waals surface area (Å²) in [6.07, 6.45) is 4.63. The van der Waals surface area contributed by atoms with Crippen molar-refractivity contribution in [1.82, 2.24) is 4.72 Å². The number of rotatable bonds is 5. The molecule has 3 N–H and O–H groups in total. The molecule has 3 unspecified atom stereocenters. The number of thiocarbonyl (C=S) groups is 1. The van der Waals surface area contributed by atoms with Crippen LogP contribution in [-0.2, 0) is 15.8 Å². The highest BCUT2D eigenvalue weighted by Gasteiger charge is 2.40. The van der Waals surface area contributed by atoms with Crippen LogP contribution in [0.15, 0.2) is 24.3 Å². The predicted molar refractivity (Wildman–Crippen MR) is 87.3 cm³/mol. The summed E-state index contributed by atoms with van der Waals surface area (Å²) < 4.78 is 27.5. The maximum Gasteiger partial charge on any atom is 0.216 e. The lowest BCUT2D eigenvalue weighted by molar-refractivity contribution is 0.390. The molecule has 4 nitrogen and oxygen atoms in total. The minimum Gasteiger partial charge on any atom is -0.389 e. The van der Waals surface area contributed by atoms with Gasteiger partial charge in [-0.1, -0.05) is 42.9 Å². The lowest BCUT2D eigenvalue weighted by Gasteiger charge is -2.22. The number of nitrogens with one attached hydrogen (secondary N) is 1. The van der Waals surface area contributed by atoms with Gasteiger partial charge in [-0.2, -0.15) is 0 Å². The summed E-state index contributed by atoms with van der Waals surface area (Å²) >= 11 is 4.89. The van der Waals surface area contributed by atoms with Crippen LogP contribution in [-0.4, -0.2) is 19.4 Å². The summed E-state index contributed by atoms with van der Waals surface area (Å²) in [4.78, 5) is 0.324. The van der Waals surface area contributed by atoms with Crippen LogP contribution < -0.4 is 10.5 Å². The summed E-state index contributed by atoms with van der Waals surface area (Å²) in [6.45, 7) is 0. The topological polar surface area (TPSA) is 72.2 Å². The van der Waals surface area contributed by atoms with Gasteiger partial charge in [-0.3, -0.25) is 0 Å². The first-order valence-electron chi connectivity index (χ1n) is 7.32. The van der Waals surface area contributed by atoms with Crippen molar-refractivity contribution in [3.05, 3.63) is 35.4 Å². The fraction of sp³-hybridized carbons (Fsp3) is 0.533. The van der Waals surface area contributed by atoms with Crippen LogP contribution >= 0.6 is 12.2 Å². The Morgan fingerprint density at radius 1 is 1.24 bits per heavy atom. The van der Waals surface area contributed by atoms with Gasteiger partial charge in [0.05, 0.1) is 5.75 Å². The van der Waals surface area contributed by atoms with E-state index in [1.807, 2.05) is 0 Å². The summed E-state index contributed by atoms with van der Waals surface area (Å²) in [7, 11) is -3.29. The molecule has 2 saturated carbocycles. The molecule has 0 saturated heterocycles. The Balaban J connectivity index is 1.64. The molecule has 3 atom stereocenters. The smallest absolute Gasteiger partial charge is 0.216 e. The molecule has 0 spiro atoms. The summed E-state index contributed by atoms with van der Waals surface area (Å²) in [5.41, 5.74) is 7.05. The molecule has 21 heavy (non-hydrogen) atoms. The minimum atomic E-state index is -3.29. The van der Waals surface area contributed by atoms with E-state index in [1.54, 1.807) is 24.3 Å². The van der Waals surface area contributed by atoms with Crippen LogP contribution in [0.5, 0.6) is 0 Å². The standard InChI is InChI=1S/C15H20N2O2S2/c16-15(20)12-4-1-10(2-5-12)9-21(18,19)17-14-8-11-3-6-13(14)7-11/h1-2,4-5,11,13-14,17H,3,6-9H2,(H2,16,20). The number of hydrogen-bond acceptors (Lipinski definition) is 3. The second-order valence-electron chi connectivity index (χ2n) is 6.22. The predicted octanol–water partition coefficient (Wildman–Crippen LogP) is 1.93. The molecule has 2 bridgehead atoms. The molecule has 2 fully saturated rings. The molecular formula is C15H20N2O2S2. The molecule has 0 amide bonds. The second kappa shape index (κ2) is 5.66. The third kappa shape index (κ3) is 3.44. The van der Waals surface area contributed by atoms with E-state index >= 15 is 0 Å². The van der Waals surface area contributed by atoms with E-state index in [9.17, 15) is 8.42 Å². The number of fused-ring (bicyclic) bond motifs is 2. The van der Waals surface area contributed by atoms with Crippen LogP contribution in [0.25, 0.3) is 0 Å². The molecule has 3 rings (SSSR count). The number of sulfonamides is 1. The van der Waals surface area contributed by atoms with E-state index in [0.29, 0.717) is 10.9 Å². The zero-order valence-electron chi connectivity index (χ0n) is 11.8. The van der Waals surface area contributed by atoms with Crippen molar-refractivity contribution in [1.29, 1.82) is 0 Å². The van der Waals surface area contributed by atoms with Crippen LogP contribution in [0.3, 0.4) is 0 Å². The fourth-order valence-corrected chi connectivity index (χ4v) is 5.25. The molecule has 6 heteroatoms. The van der Waals surface area contributed by atoms with Gasteiger partial charge in [-0.05, 0) is 36.7 Å². The SMILES string of the molecule is NC(=S)c1ccc(CS(=O)(=O)NC2CC3CCC2C3)cc1. The zero-order valence-corrected chi connectivity index (χ0v) is 13.4. The Morgan fingerprint density at radius 3 is 2.48 bits per heavy atom. The van der Waals surface area contributed by atoms with Gasteiger partial charge >= 0.3 is 0 Å². The van der Waals surface area contributed by atoms with Gasteiger partial charge in [0.1, 0.15) is 4.99 Å². The van der Waals surface area contributed by atoms with E-state index < -0.39 is 10.0 Å². The Morgan fingerprint density at radius 2 is 1.95 bits per heavy atom. The molecule has 1 aromatic carbocycles. The van der Waals surface area contributed by atoms with E-state index in [0.717, 1.165) is 23.5 Å². The third-order valence-electron chi connectivity index (χ3n) is 4.66. The Labute approximate surface area is 131 Å². The van der Waals surface area contributed by atoms with Crippen molar-refractivity contribution >= 4 is 27.2 Å². The van der Waals surface area contributed by atoms with Crippen molar-refractivity contribution in [2.45, 2.75) is 37.5 Å². The molecular weight excluding hydrogens is 304 g/mol. The zero-order chi connectivity index (χ0) is 15.0. The van der Waals surface area contributed by atoms with Crippen molar-refractivity contribution in [3.63, 3.8) is 0 Å². The molecule has 114 valence electrons. The summed E-state index contributed by atoms with van der Waals surface area (Å²) in [5, 5.41) is 0. The van der Waals surface area contributed by atoms with E-state index in [-0.39, 0.29) is 11.8 Å². The van der Waals surface area contributed by atoms with Crippen molar-refractivity contribution in [3.8, 4) is 0 Å². The highest BCUT2D eigenvalue weighted by atomic mass is 32.2. The molecule has 0 aromatic heterocycles. The van der Waals surface area contributed by atoms with Crippen LogP contribution in [0, 0.1) is 11.8 Å². The van der Waals surface area contributed by atoms with Crippen molar-refractivity contribution in [2.24, 2.45) is 17.6 Å². The Bertz CT molecular complexity index is 640. The number of nitrogens with two attached hydrogens (primary N) is 1. The maximum absolute atomic E-state index is 12.3. The Hall–Kier alpha value is -0.980. The second-order valence-corrected chi connectivity index (χ2v) is 8.41. The molecule has 0 heterocycles. The summed E-state index contributed by atoms with van der Waals surface area (Å²) in [6, 6.07) is 7.23. The van der Waals surface area contributed by atoms with Gasteiger partial charge < -0.3 is 5.73 Å². The van der Waals surface area contributed by atoms with E-state index in [1.165, 1.54) is 19.3 Å². The van der Waals surface area contributed by atoms with Crippen LogP contribution in [0.1, 0.15) is 36.8 Å². The maximum atomic E-state index is 12.3. The van der Waals surface area contributed by atoms with Gasteiger partial charge in [0.15, 0.2) is 0 Å². The van der Waals surface area contributed by atoms with Gasteiger partial charge in [0.25, 0.3) is 0 Å². The first-order valence-corrected chi connectivity index (χ1v) is 9.38. The van der Waals surface area contributed by atoms with E-state index in [2.05, 4.69) is 4.72 Å². The van der Waals surface area contributed by atoms with Crippen molar-refractivity contribution in [2.75, 3.05) is 0 Å². The van der Waals surface area contributed by atoms with Crippen LogP contribution in [0.4, 0.5) is 0 Å². The lowest BCUT2D eigenvalue weighted by Crippen LogP contribution is -2.39. The van der Waals surface area contributed by atoms with Gasteiger partial charge in [0.2, 0.25) is 10.0 Å². The molecule has 0 radical (unpaired) electrons. The average molecular weight is 324 g/mol. The first kappa shape index (κ1) is 14.9. The molecule has 1 aromatic rings. The normalized spacial score (nSPS) is 27.9. The molecule has 0 aliphatic heterocycles. The lowest BCUT2D eigenvalue weighted by atomic mass is 9.96. The van der Waals surface area contributed by atoms with Gasteiger partial charge in [-0.15, -0.1) is 0 Å². The largest absolute Gasteiger partial charge is 0.389 e. The quantitative estimate of drug-likeness (QED) is 0.812. The number of benzene rings is 1. The first-order chi connectivity index (χ1) is 9.93. The van der Waals surface area contributed by atoms with Crippen molar-refractivity contribution < 1.29 is 8.42 Å². The van der Waals surface area contributed by atoms with Gasteiger partial charge in [0, 0.05) is 11.6 Å². The van der Waals surface area contributed by atoms with Crippen LogP contribution in [0.2, 0.25) is 0 Å². The minimum absolute atomic E-state index is 0.0124. The third-order valence-corrected chi connectivity index (χ3v) is 6.28. The Kier molecular flexibility index (Phi) is 4.03. The highest BCUT2D eigenvalue weighted by molar-refractivity contribution is 7.88. The average Bonchev–Trinajstić information content (AvgIpc) is 3.00. The fourth-order valence-electron chi connectivity index (χ4n) is 3.65. The monoisotopic (exact) mass is 324 g/mol. The molecule has 2 aliphatic rings. The molecule has 2 aliphatic carbocycles. The van der Waals surface area contributed by atoms with E-state index in [4.69, 9.17) is 18.0 Å². The number of hydrogen-bond donors (Lipinski definition) is 2. The highest BCUT2D eigenvalue weighted by Crippen LogP contribution is 2.44. The van der Waals surface area contributed by atoms with Gasteiger partial charge in [-0.25, -0.2) is 13.1 Å². The summed E-state index contributed by atoms with van der Waals surface area (Å²) in [5.74, 6) is 1.28.